The first-order valence-electron chi connectivity index (χ1n) is 7.03. The van der Waals surface area contributed by atoms with Crippen LogP contribution < -0.4 is 5.32 Å². The van der Waals surface area contributed by atoms with Crippen LogP contribution in [-0.2, 0) is 9.53 Å². The van der Waals surface area contributed by atoms with Crippen molar-refractivity contribution in [2.75, 3.05) is 32.1 Å². The number of ether oxygens (including phenoxy) is 1. The van der Waals surface area contributed by atoms with Crippen LogP contribution in [0, 0.1) is 11.3 Å². The minimum atomic E-state index is -0.568. The quantitative estimate of drug-likeness (QED) is 0.444. The Kier molecular flexibility index (Phi) is 7.30. The summed E-state index contributed by atoms with van der Waals surface area (Å²) >= 11 is 0. The summed E-state index contributed by atoms with van der Waals surface area (Å²) in [5.74, 6) is -1.00. The van der Waals surface area contributed by atoms with Gasteiger partial charge < -0.3 is 20.1 Å². The first kappa shape index (κ1) is 18.2. The molecule has 0 saturated carbocycles. The Balaban J connectivity index is 2.76. The third-order valence-corrected chi connectivity index (χ3v) is 2.82. The first-order chi connectivity index (χ1) is 11.0. The number of carbonyl (C=O) groups excluding carboxylic acids is 2. The van der Waals surface area contributed by atoms with Crippen molar-refractivity contribution in [2.45, 2.75) is 6.92 Å². The zero-order valence-electron chi connectivity index (χ0n) is 13.1. The number of aliphatic hydroxyl groups is 1. The molecule has 1 aromatic rings. The van der Waals surface area contributed by atoms with Crippen molar-refractivity contribution in [1.82, 2.24) is 4.90 Å². The van der Waals surface area contributed by atoms with Crippen molar-refractivity contribution in [3.05, 3.63) is 41.6 Å². The Labute approximate surface area is 134 Å². The summed E-state index contributed by atoms with van der Waals surface area (Å²) in [6, 6.07) is 7.97. The van der Waals surface area contributed by atoms with Gasteiger partial charge in [-0.05, 0) is 31.2 Å². The lowest BCUT2D eigenvalue weighted by Gasteiger charge is -2.12. The molecule has 2 N–H and O–H groups in total. The van der Waals surface area contributed by atoms with Crippen LogP contribution in [0.25, 0.3) is 0 Å². The maximum absolute atomic E-state index is 12.0. The third kappa shape index (κ3) is 5.80. The second kappa shape index (κ2) is 9.23. The van der Waals surface area contributed by atoms with Crippen LogP contribution in [0.3, 0.4) is 0 Å². The van der Waals surface area contributed by atoms with Crippen molar-refractivity contribution in [3.8, 4) is 6.07 Å². The average Bonchev–Trinajstić information content (AvgIpc) is 2.53. The highest BCUT2D eigenvalue weighted by atomic mass is 16.5. The van der Waals surface area contributed by atoms with Crippen LogP contribution in [0.2, 0.25) is 0 Å². The number of esters is 1. The van der Waals surface area contributed by atoms with E-state index in [2.05, 4.69) is 5.32 Å². The summed E-state index contributed by atoms with van der Waals surface area (Å²) in [7, 11) is 1.65. The van der Waals surface area contributed by atoms with Crippen LogP contribution in [-0.4, -0.2) is 48.7 Å². The number of benzene rings is 1. The molecule has 0 fully saturated rings. The van der Waals surface area contributed by atoms with E-state index in [0.29, 0.717) is 17.8 Å². The van der Waals surface area contributed by atoms with E-state index in [0.717, 1.165) is 0 Å². The lowest BCUT2D eigenvalue weighted by molar-refractivity contribution is -0.112. The minimum absolute atomic E-state index is 0.0807. The van der Waals surface area contributed by atoms with Crippen LogP contribution >= 0.6 is 0 Å². The van der Waals surface area contributed by atoms with E-state index in [1.807, 2.05) is 6.07 Å². The molecule has 0 aliphatic rings. The van der Waals surface area contributed by atoms with Crippen LogP contribution in [0.4, 0.5) is 5.69 Å². The topological polar surface area (TPSA) is 103 Å². The molecular weight excluding hydrogens is 298 g/mol. The molecule has 1 amide bonds. The Bertz CT molecular complexity index is 617. The summed E-state index contributed by atoms with van der Waals surface area (Å²) in [6.45, 7) is 2.24. The normalized spacial score (nSPS) is 10.6. The number of carbonyl (C=O) groups is 2. The average molecular weight is 317 g/mol. The predicted octanol–water partition coefficient (Wildman–Crippen LogP) is 1.13. The number of nitrogens with zero attached hydrogens (tertiary/aromatic N) is 2. The standard InChI is InChI=1S/C16H19N3O4/c1-3-23-16(22)12-4-6-14(7-5-12)18-15(21)13(10-17)11-19(2)8-9-20/h4-7,11,20H,3,8-9H2,1-2H3,(H,18,21)/b13-11-. The number of hydrogen-bond donors (Lipinski definition) is 2. The Morgan fingerprint density at radius 3 is 2.57 bits per heavy atom. The summed E-state index contributed by atoms with van der Waals surface area (Å²) < 4.78 is 4.87. The number of likely N-dealkylation sites (N-methyl/N-ethyl adjacent to an activating group) is 1. The van der Waals surface area contributed by atoms with Gasteiger partial charge in [0.05, 0.1) is 18.8 Å². The minimum Gasteiger partial charge on any atom is -0.462 e. The Morgan fingerprint density at radius 1 is 1.39 bits per heavy atom. The molecule has 0 aromatic heterocycles. The van der Waals surface area contributed by atoms with Gasteiger partial charge in [0.1, 0.15) is 11.6 Å². The molecule has 0 bridgehead atoms. The van der Waals surface area contributed by atoms with E-state index >= 15 is 0 Å². The van der Waals surface area contributed by atoms with Crippen molar-refractivity contribution in [3.63, 3.8) is 0 Å². The molecule has 0 atom stereocenters. The van der Waals surface area contributed by atoms with Crippen LogP contribution in [0.15, 0.2) is 36.0 Å². The van der Waals surface area contributed by atoms with Gasteiger partial charge in [-0.15, -0.1) is 0 Å². The highest BCUT2D eigenvalue weighted by Crippen LogP contribution is 2.12. The monoisotopic (exact) mass is 317 g/mol. The van der Waals surface area contributed by atoms with Gasteiger partial charge in [0, 0.05) is 25.5 Å². The van der Waals surface area contributed by atoms with Crippen LogP contribution in [0.5, 0.6) is 0 Å². The molecule has 0 aliphatic heterocycles. The van der Waals surface area contributed by atoms with Crippen LogP contribution in [0.1, 0.15) is 17.3 Å². The molecule has 0 unspecified atom stereocenters. The van der Waals surface area contributed by atoms with E-state index in [1.54, 1.807) is 31.0 Å². The molecule has 1 aromatic carbocycles. The van der Waals surface area contributed by atoms with Crippen molar-refractivity contribution >= 4 is 17.6 Å². The molecule has 0 radical (unpaired) electrons. The van der Waals surface area contributed by atoms with Gasteiger partial charge in [0.15, 0.2) is 0 Å². The molecular formula is C16H19N3O4. The van der Waals surface area contributed by atoms with E-state index in [9.17, 15) is 9.59 Å². The molecule has 122 valence electrons. The summed E-state index contributed by atoms with van der Waals surface area (Å²) in [5, 5.41) is 20.4. The lowest BCUT2D eigenvalue weighted by atomic mass is 10.2. The molecule has 7 heteroatoms. The number of amides is 1. The maximum Gasteiger partial charge on any atom is 0.338 e. The van der Waals surface area contributed by atoms with Gasteiger partial charge in [-0.2, -0.15) is 5.26 Å². The molecule has 1 rings (SSSR count). The summed E-state index contributed by atoms with van der Waals surface area (Å²) in [6.07, 6.45) is 1.36. The second-order valence-electron chi connectivity index (χ2n) is 4.61. The zero-order valence-corrected chi connectivity index (χ0v) is 13.1. The smallest absolute Gasteiger partial charge is 0.338 e. The largest absolute Gasteiger partial charge is 0.462 e. The van der Waals surface area contributed by atoms with Gasteiger partial charge >= 0.3 is 5.97 Å². The Hall–Kier alpha value is -2.85. The van der Waals surface area contributed by atoms with E-state index in [1.165, 1.54) is 18.3 Å². The Morgan fingerprint density at radius 2 is 2.04 bits per heavy atom. The van der Waals surface area contributed by atoms with E-state index in [-0.39, 0.29) is 18.8 Å². The fourth-order valence-corrected chi connectivity index (χ4v) is 1.68. The molecule has 7 nitrogen and oxygen atoms in total. The van der Waals surface area contributed by atoms with Gasteiger partial charge in [0.25, 0.3) is 5.91 Å². The number of nitrogens with one attached hydrogen (secondary N) is 1. The molecule has 0 spiro atoms. The lowest BCUT2D eigenvalue weighted by Crippen LogP contribution is -2.20. The second-order valence-corrected chi connectivity index (χ2v) is 4.61. The number of anilines is 1. The zero-order chi connectivity index (χ0) is 17.2. The maximum atomic E-state index is 12.0. The molecule has 0 heterocycles. The SMILES string of the molecule is CCOC(=O)c1ccc(NC(=O)/C(C#N)=C\N(C)CCO)cc1. The fraction of sp³-hybridized carbons (Fsp3) is 0.312. The predicted molar refractivity (Wildman–Crippen MR) is 84.4 cm³/mol. The molecule has 0 saturated heterocycles. The highest BCUT2D eigenvalue weighted by molar-refractivity contribution is 6.06. The summed E-state index contributed by atoms with van der Waals surface area (Å²) in [4.78, 5) is 25.1. The molecule has 0 aliphatic carbocycles. The number of rotatable bonds is 7. The number of hydrogen-bond acceptors (Lipinski definition) is 6. The number of aliphatic hydroxyl groups excluding tert-OH is 1. The first-order valence-corrected chi connectivity index (χ1v) is 7.03. The van der Waals surface area contributed by atoms with Crippen molar-refractivity contribution < 1.29 is 19.4 Å². The van der Waals surface area contributed by atoms with Crippen molar-refractivity contribution in [2.24, 2.45) is 0 Å². The molecule has 23 heavy (non-hydrogen) atoms. The van der Waals surface area contributed by atoms with Gasteiger partial charge in [-0.3, -0.25) is 4.79 Å². The van der Waals surface area contributed by atoms with Crippen molar-refractivity contribution in [1.29, 1.82) is 5.26 Å². The highest BCUT2D eigenvalue weighted by Gasteiger charge is 2.11. The third-order valence-electron chi connectivity index (χ3n) is 2.82. The van der Waals surface area contributed by atoms with Gasteiger partial charge in [-0.1, -0.05) is 0 Å². The van der Waals surface area contributed by atoms with E-state index in [4.69, 9.17) is 15.1 Å². The fourth-order valence-electron chi connectivity index (χ4n) is 1.68. The number of nitriles is 1. The van der Waals surface area contributed by atoms with Gasteiger partial charge in [-0.25, -0.2) is 4.79 Å². The van der Waals surface area contributed by atoms with Gasteiger partial charge in [0.2, 0.25) is 0 Å². The summed E-state index contributed by atoms with van der Waals surface area (Å²) in [5.41, 5.74) is 0.744. The van der Waals surface area contributed by atoms with E-state index < -0.39 is 11.9 Å².